The van der Waals surface area contributed by atoms with Crippen LogP contribution in [0, 0.1) is 0 Å². The number of likely N-dealkylation sites (N-methyl/N-ethyl adjacent to an activating group) is 1. The summed E-state index contributed by atoms with van der Waals surface area (Å²) < 4.78 is 10.9. The normalized spacial score (nSPS) is 12.4. The molecule has 1 amide bonds. The number of allylic oxidation sites excluding steroid dienone is 4. The van der Waals surface area contributed by atoms with Gasteiger partial charge in [0.15, 0.2) is 0 Å². The molecule has 1 aromatic heterocycles. The van der Waals surface area contributed by atoms with Gasteiger partial charge < -0.3 is 19.4 Å². The first-order valence-electron chi connectivity index (χ1n) is 15.0. The van der Waals surface area contributed by atoms with Crippen molar-refractivity contribution in [3.8, 4) is 0 Å². The lowest BCUT2D eigenvalue weighted by atomic mass is 10.1. The van der Waals surface area contributed by atoms with Crippen molar-refractivity contribution in [2.75, 3.05) is 13.6 Å². The molecule has 0 saturated carbocycles. The fourth-order valence-electron chi connectivity index (χ4n) is 4.40. The molecule has 39 heavy (non-hydrogen) atoms. The van der Waals surface area contributed by atoms with Crippen molar-refractivity contribution < 1.29 is 19.1 Å². The van der Waals surface area contributed by atoms with Gasteiger partial charge in [0.25, 0.3) is 0 Å². The summed E-state index contributed by atoms with van der Waals surface area (Å²) in [6.45, 7) is 4.59. The van der Waals surface area contributed by atoms with Crippen molar-refractivity contribution >= 4 is 23.0 Å². The summed E-state index contributed by atoms with van der Waals surface area (Å²) in [6, 6.07) is 8.10. The second-order valence-corrected chi connectivity index (χ2v) is 10.2. The van der Waals surface area contributed by atoms with Crippen LogP contribution in [0.5, 0.6) is 0 Å². The Morgan fingerprint density at radius 1 is 0.897 bits per heavy atom. The second kappa shape index (κ2) is 20.0. The lowest BCUT2D eigenvalue weighted by molar-refractivity contribution is -0.169. The van der Waals surface area contributed by atoms with Gasteiger partial charge in [-0.1, -0.05) is 88.5 Å². The molecule has 0 aliphatic heterocycles. The molecular weight excluding hydrogens is 488 g/mol. The van der Waals surface area contributed by atoms with E-state index in [-0.39, 0.29) is 5.97 Å². The quantitative estimate of drug-likeness (QED) is 0.0791. The number of para-hydroxylation sites is 1. The van der Waals surface area contributed by atoms with Gasteiger partial charge in [0, 0.05) is 43.5 Å². The molecule has 0 aliphatic rings. The first kappa shape index (κ1) is 32.2. The zero-order valence-electron chi connectivity index (χ0n) is 24.5. The number of hydrogen-bond acceptors (Lipinski definition) is 4. The number of esters is 1. The van der Waals surface area contributed by atoms with Gasteiger partial charge in [0.1, 0.15) is 0 Å². The minimum atomic E-state index is -0.849. The van der Waals surface area contributed by atoms with Crippen molar-refractivity contribution in [1.29, 1.82) is 0 Å². The number of nitrogens with one attached hydrogen (secondary N) is 1. The Labute approximate surface area is 235 Å². The number of aromatic amines is 1. The van der Waals surface area contributed by atoms with E-state index in [4.69, 9.17) is 9.47 Å². The fraction of sp³-hybridized carbons (Fsp3) is 0.576. The van der Waals surface area contributed by atoms with Gasteiger partial charge in [-0.25, -0.2) is 4.79 Å². The highest BCUT2D eigenvalue weighted by molar-refractivity contribution is 5.83. The van der Waals surface area contributed by atoms with Crippen LogP contribution in [-0.2, 0) is 20.7 Å². The van der Waals surface area contributed by atoms with Crippen LogP contribution >= 0.6 is 0 Å². The van der Waals surface area contributed by atoms with E-state index in [0.717, 1.165) is 48.6 Å². The lowest BCUT2D eigenvalue weighted by Crippen LogP contribution is -2.34. The third-order valence-corrected chi connectivity index (χ3v) is 6.86. The topological polar surface area (TPSA) is 71.6 Å². The van der Waals surface area contributed by atoms with E-state index < -0.39 is 12.4 Å². The molecule has 0 spiro atoms. The maximum absolute atomic E-state index is 12.5. The van der Waals surface area contributed by atoms with Crippen LogP contribution in [-0.4, -0.2) is 41.8 Å². The maximum Gasteiger partial charge on any atom is 0.412 e. The van der Waals surface area contributed by atoms with Gasteiger partial charge in [-0.15, -0.1) is 0 Å². The van der Waals surface area contributed by atoms with Crippen molar-refractivity contribution in [3.05, 3.63) is 60.3 Å². The number of hydrogen-bond donors (Lipinski definition) is 1. The first-order chi connectivity index (χ1) is 19.0. The summed E-state index contributed by atoms with van der Waals surface area (Å²) in [5.41, 5.74) is 2.24. The number of rotatable bonds is 20. The zero-order chi connectivity index (χ0) is 28.1. The molecule has 0 aliphatic carbocycles. The Kier molecular flexibility index (Phi) is 16.5. The number of H-pyrrole nitrogens is 1. The molecule has 1 unspecified atom stereocenters. The van der Waals surface area contributed by atoms with E-state index in [1.165, 1.54) is 43.4 Å². The molecule has 2 aromatic rings. The van der Waals surface area contributed by atoms with Gasteiger partial charge in [-0.3, -0.25) is 4.79 Å². The number of benzene rings is 1. The molecule has 0 bridgehead atoms. The first-order valence-corrected chi connectivity index (χ1v) is 15.0. The van der Waals surface area contributed by atoms with Crippen molar-refractivity contribution in [1.82, 2.24) is 9.88 Å². The highest BCUT2D eigenvalue weighted by Gasteiger charge is 2.20. The van der Waals surface area contributed by atoms with Crippen molar-refractivity contribution in [2.45, 2.75) is 110 Å². The molecule has 6 nitrogen and oxygen atoms in total. The van der Waals surface area contributed by atoms with E-state index in [1.54, 1.807) is 7.05 Å². The van der Waals surface area contributed by atoms with Gasteiger partial charge in [-0.2, -0.15) is 0 Å². The van der Waals surface area contributed by atoms with E-state index >= 15 is 0 Å². The second-order valence-electron chi connectivity index (χ2n) is 10.2. The van der Waals surface area contributed by atoms with Gasteiger partial charge >= 0.3 is 12.1 Å². The number of carbonyl (C=O) groups excluding carboxylic acids is 2. The molecule has 0 saturated heterocycles. The Morgan fingerprint density at radius 3 is 2.33 bits per heavy atom. The molecule has 0 fully saturated rings. The number of ether oxygens (including phenoxy) is 2. The lowest BCUT2D eigenvalue weighted by Gasteiger charge is -2.21. The predicted octanol–water partition coefficient (Wildman–Crippen LogP) is 8.87. The molecular formula is C33H50N2O4. The zero-order valence-corrected chi connectivity index (χ0v) is 24.5. The summed E-state index contributed by atoms with van der Waals surface area (Å²) in [5, 5.41) is 1.16. The minimum Gasteiger partial charge on any atom is -0.425 e. The van der Waals surface area contributed by atoms with Gasteiger partial charge in [-0.05, 0) is 56.6 Å². The number of aromatic nitrogens is 1. The third kappa shape index (κ3) is 13.6. The van der Waals surface area contributed by atoms with Crippen LogP contribution in [0.4, 0.5) is 4.79 Å². The molecule has 1 aromatic carbocycles. The van der Waals surface area contributed by atoms with E-state index in [0.29, 0.717) is 25.8 Å². The van der Waals surface area contributed by atoms with Crippen LogP contribution in [0.2, 0.25) is 0 Å². The minimum absolute atomic E-state index is 0.304. The van der Waals surface area contributed by atoms with Gasteiger partial charge in [0.05, 0.1) is 0 Å². The molecule has 1 heterocycles. The fourth-order valence-corrected chi connectivity index (χ4v) is 4.40. The van der Waals surface area contributed by atoms with Crippen LogP contribution in [0.3, 0.4) is 0 Å². The summed E-state index contributed by atoms with van der Waals surface area (Å²) in [4.78, 5) is 29.6. The molecule has 2 rings (SSSR count). The summed E-state index contributed by atoms with van der Waals surface area (Å²) in [7, 11) is 1.70. The molecule has 216 valence electrons. The monoisotopic (exact) mass is 538 g/mol. The van der Waals surface area contributed by atoms with Crippen LogP contribution < -0.4 is 0 Å². The summed E-state index contributed by atoms with van der Waals surface area (Å²) in [6.07, 6.45) is 23.8. The van der Waals surface area contributed by atoms with Crippen LogP contribution in [0.15, 0.2) is 54.8 Å². The SMILES string of the molecule is CCCCC/C=C\C/C=C\CCCCCCCC(=O)OC(CC)OC(=O)N(C)CCc1c[nH]c2ccccc12. The average Bonchev–Trinajstić information content (AvgIpc) is 3.36. The summed E-state index contributed by atoms with van der Waals surface area (Å²) >= 11 is 0. The Hall–Kier alpha value is -3.02. The van der Waals surface area contributed by atoms with Crippen molar-refractivity contribution in [3.63, 3.8) is 0 Å². The predicted molar refractivity (Wildman–Crippen MR) is 161 cm³/mol. The molecule has 1 N–H and O–H groups in total. The number of nitrogens with zero attached hydrogens (tertiary/aromatic N) is 1. The van der Waals surface area contributed by atoms with Crippen molar-refractivity contribution in [2.24, 2.45) is 0 Å². The van der Waals surface area contributed by atoms with Crippen LogP contribution in [0.1, 0.15) is 103 Å². The average molecular weight is 539 g/mol. The largest absolute Gasteiger partial charge is 0.425 e. The highest BCUT2D eigenvalue weighted by atomic mass is 16.7. The van der Waals surface area contributed by atoms with E-state index in [9.17, 15) is 9.59 Å². The Morgan fingerprint density at radius 2 is 1.59 bits per heavy atom. The smallest absolute Gasteiger partial charge is 0.412 e. The molecule has 1 atom stereocenters. The number of unbranched alkanes of at least 4 members (excludes halogenated alkanes) is 8. The highest BCUT2D eigenvalue weighted by Crippen LogP contribution is 2.18. The number of fused-ring (bicyclic) bond motifs is 1. The Balaban J connectivity index is 1.51. The maximum atomic E-state index is 12.5. The summed E-state index contributed by atoms with van der Waals surface area (Å²) in [5.74, 6) is -0.304. The van der Waals surface area contributed by atoms with E-state index in [1.807, 2.05) is 31.3 Å². The van der Waals surface area contributed by atoms with E-state index in [2.05, 4.69) is 42.3 Å². The number of amides is 1. The third-order valence-electron chi connectivity index (χ3n) is 6.86. The standard InChI is InChI=1S/C33H50N2O4/c1-4-6-7-8-9-10-11-12-13-14-15-16-17-18-19-24-31(36)38-32(5-2)39-33(37)35(3)26-25-28-27-34-30-23-21-20-22-29(28)30/h9-10,12-13,20-23,27,32,34H,4-8,11,14-19,24-26H2,1-3H3/b10-9-,13-12-. The van der Waals surface area contributed by atoms with Gasteiger partial charge in [0.2, 0.25) is 6.29 Å². The number of carbonyl (C=O) groups is 2. The van der Waals surface area contributed by atoms with Crippen LogP contribution in [0.25, 0.3) is 10.9 Å². The Bertz CT molecular complexity index is 1010. The molecule has 0 radical (unpaired) electrons. The molecule has 6 heteroatoms.